The highest BCUT2D eigenvalue weighted by Gasteiger charge is 2.33. The number of ether oxygens (including phenoxy) is 1. The minimum Gasteiger partial charge on any atom is -0.468 e. The van der Waals surface area contributed by atoms with Crippen molar-refractivity contribution >= 4 is 17.7 Å². The molecule has 1 aromatic rings. The van der Waals surface area contributed by atoms with Crippen LogP contribution in [0.15, 0.2) is 23.6 Å². The number of thioether (sulfide) groups is 1. The van der Waals surface area contributed by atoms with Crippen LogP contribution in [-0.4, -0.2) is 40.4 Å². The fourth-order valence-electron chi connectivity index (χ4n) is 2.22. The lowest BCUT2D eigenvalue weighted by molar-refractivity contribution is -0.148. The fraction of sp³-hybridized carbons (Fsp3) is 0.667. The van der Waals surface area contributed by atoms with E-state index in [1.54, 1.807) is 24.3 Å². The summed E-state index contributed by atoms with van der Waals surface area (Å²) in [5.74, 6) is 0.787. The Balaban J connectivity index is 2.35. The molecule has 118 valence electrons. The molecule has 0 aliphatic rings. The van der Waals surface area contributed by atoms with Crippen LogP contribution in [0, 0.1) is 0 Å². The van der Waals surface area contributed by atoms with E-state index in [0.29, 0.717) is 0 Å². The van der Waals surface area contributed by atoms with Gasteiger partial charge in [0, 0.05) is 12.2 Å². The van der Waals surface area contributed by atoms with Gasteiger partial charge in [-0.15, -0.1) is 11.8 Å². The number of nitrogens with zero attached hydrogens (tertiary/aromatic N) is 2. The topological polar surface area (TPSA) is 64.1 Å². The molecule has 0 spiro atoms. The van der Waals surface area contributed by atoms with Crippen molar-refractivity contribution in [2.24, 2.45) is 0 Å². The fourth-order valence-corrected chi connectivity index (χ4v) is 3.05. The van der Waals surface area contributed by atoms with E-state index in [0.717, 1.165) is 30.0 Å². The van der Waals surface area contributed by atoms with Gasteiger partial charge in [0.25, 0.3) is 0 Å². The first-order valence-electron chi connectivity index (χ1n) is 7.23. The van der Waals surface area contributed by atoms with E-state index in [2.05, 4.69) is 15.3 Å². The Morgan fingerprint density at radius 1 is 1.48 bits per heavy atom. The summed E-state index contributed by atoms with van der Waals surface area (Å²) in [5.41, 5.74) is -0.609. The van der Waals surface area contributed by atoms with Crippen molar-refractivity contribution in [3.63, 3.8) is 0 Å². The second kappa shape index (κ2) is 9.00. The largest absolute Gasteiger partial charge is 0.468 e. The average molecular weight is 311 g/mol. The molecule has 0 radical (unpaired) electrons. The van der Waals surface area contributed by atoms with Crippen molar-refractivity contribution in [3.8, 4) is 0 Å². The van der Waals surface area contributed by atoms with Gasteiger partial charge in [-0.2, -0.15) is 0 Å². The molecule has 1 heterocycles. The zero-order chi connectivity index (χ0) is 15.7. The van der Waals surface area contributed by atoms with Crippen LogP contribution in [0.4, 0.5) is 0 Å². The number of methoxy groups -OCH3 is 1. The Morgan fingerprint density at radius 2 is 2.24 bits per heavy atom. The third-order valence-electron chi connectivity index (χ3n) is 3.12. The summed E-state index contributed by atoms with van der Waals surface area (Å²) in [6.45, 7) is 5.98. The second-order valence-electron chi connectivity index (χ2n) is 5.48. The molecule has 0 saturated heterocycles. The number of esters is 1. The Kier molecular flexibility index (Phi) is 7.67. The normalized spacial score (nSPS) is 14.0. The van der Waals surface area contributed by atoms with Crippen LogP contribution >= 0.6 is 11.8 Å². The third kappa shape index (κ3) is 6.44. The van der Waals surface area contributed by atoms with Gasteiger partial charge < -0.3 is 4.74 Å². The third-order valence-corrected chi connectivity index (χ3v) is 4.15. The van der Waals surface area contributed by atoms with E-state index in [1.165, 1.54) is 7.11 Å². The molecule has 0 aromatic carbocycles. The van der Waals surface area contributed by atoms with E-state index < -0.39 is 5.54 Å². The maximum absolute atomic E-state index is 11.9. The highest BCUT2D eigenvalue weighted by atomic mass is 32.2. The molecule has 0 aliphatic heterocycles. The van der Waals surface area contributed by atoms with Gasteiger partial charge in [-0.25, -0.2) is 9.97 Å². The summed E-state index contributed by atoms with van der Waals surface area (Å²) in [6, 6.07) is 2.15. The minimum atomic E-state index is -0.609. The lowest BCUT2D eigenvalue weighted by Gasteiger charge is -2.30. The van der Waals surface area contributed by atoms with Crippen LogP contribution in [0.1, 0.15) is 40.0 Å². The number of carbonyl (C=O) groups is 1. The molecule has 21 heavy (non-hydrogen) atoms. The summed E-state index contributed by atoms with van der Waals surface area (Å²) in [5, 5.41) is 4.30. The highest BCUT2D eigenvalue weighted by molar-refractivity contribution is 7.99. The molecule has 0 amide bonds. The molecule has 1 rings (SSSR count). The van der Waals surface area contributed by atoms with Crippen LogP contribution in [0.25, 0.3) is 0 Å². The highest BCUT2D eigenvalue weighted by Crippen LogP contribution is 2.20. The Hall–Kier alpha value is -1.14. The first-order chi connectivity index (χ1) is 9.98. The lowest BCUT2D eigenvalue weighted by atomic mass is 9.94. The van der Waals surface area contributed by atoms with E-state index >= 15 is 0 Å². The Bertz CT molecular complexity index is 428. The average Bonchev–Trinajstić information content (AvgIpc) is 2.46. The van der Waals surface area contributed by atoms with Gasteiger partial charge in [-0.1, -0.05) is 6.42 Å². The maximum atomic E-state index is 11.9. The van der Waals surface area contributed by atoms with Crippen LogP contribution in [0.2, 0.25) is 0 Å². The molecule has 0 saturated carbocycles. The van der Waals surface area contributed by atoms with Gasteiger partial charge in [0.2, 0.25) is 0 Å². The molecule has 6 heteroatoms. The summed E-state index contributed by atoms with van der Waals surface area (Å²) in [7, 11) is 1.44. The number of carbonyl (C=O) groups excluding carboxylic acids is 1. The predicted molar refractivity (Wildman–Crippen MR) is 85.3 cm³/mol. The number of nitrogens with one attached hydrogen (secondary N) is 1. The molecule has 0 fully saturated rings. The van der Waals surface area contributed by atoms with Gasteiger partial charge >= 0.3 is 5.97 Å². The molecule has 0 bridgehead atoms. The zero-order valence-electron chi connectivity index (χ0n) is 13.3. The van der Waals surface area contributed by atoms with E-state index in [9.17, 15) is 4.79 Å². The van der Waals surface area contributed by atoms with Crippen molar-refractivity contribution in [2.75, 3.05) is 12.9 Å². The quantitative estimate of drug-likeness (QED) is 0.327. The molecule has 1 unspecified atom stereocenters. The number of rotatable bonds is 9. The minimum absolute atomic E-state index is 0.195. The van der Waals surface area contributed by atoms with Crippen molar-refractivity contribution in [2.45, 2.75) is 56.6 Å². The summed E-state index contributed by atoms with van der Waals surface area (Å²) in [6.07, 6.45) is 6.06. The van der Waals surface area contributed by atoms with Crippen molar-refractivity contribution in [1.82, 2.24) is 15.3 Å². The number of hydrogen-bond donors (Lipinski definition) is 1. The molecule has 0 aliphatic carbocycles. The monoisotopic (exact) mass is 311 g/mol. The van der Waals surface area contributed by atoms with Crippen LogP contribution in [-0.2, 0) is 9.53 Å². The lowest BCUT2D eigenvalue weighted by Crippen LogP contribution is -2.52. The number of hydrogen-bond acceptors (Lipinski definition) is 6. The van der Waals surface area contributed by atoms with E-state index in [-0.39, 0.29) is 12.0 Å². The van der Waals surface area contributed by atoms with Gasteiger partial charge in [-0.05, 0) is 45.4 Å². The molecule has 1 aromatic heterocycles. The number of unbranched alkanes of at least 4 members (excludes halogenated alkanes) is 1. The molecule has 5 nitrogen and oxygen atoms in total. The van der Waals surface area contributed by atoms with Crippen molar-refractivity contribution in [1.29, 1.82) is 0 Å². The maximum Gasteiger partial charge on any atom is 0.325 e. The van der Waals surface area contributed by atoms with Gasteiger partial charge in [0.1, 0.15) is 11.9 Å². The van der Waals surface area contributed by atoms with Crippen molar-refractivity contribution < 1.29 is 9.53 Å². The Labute approximate surface area is 131 Å². The van der Waals surface area contributed by atoms with Gasteiger partial charge in [0.15, 0.2) is 0 Å². The molecular formula is C15H25N3O2S. The van der Waals surface area contributed by atoms with Gasteiger partial charge in [-0.3, -0.25) is 10.1 Å². The molecule has 1 N–H and O–H groups in total. The first kappa shape index (κ1) is 17.9. The summed E-state index contributed by atoms with van der Waals surface area (Å²) in [4.78, 5) is 20.0. The molecular weight excluding hydrogens is 286 g/mol. The van der Waals surface area contributed by atoms with Gasteiger partial charge in [0.05, 0.1) is 12.1 Å². The standard InChI is InChI=1S/C15H25N3O2S/c1-12(2)18-15(3,14(19)20-4)8-5-6-10-21-13-7-9-16-11-17-13/h7,9,11-12,18H,5-6,8,10H2,1-4H3. The first-order valence-corrected chi connectivity index (χ1v) is 8.21. The summed E-state index contributed by atoms with van der Waals surface area (Å²) >= 11 is 1.71. The van der Waals surface area contributed by atoms with Crippen LogP contribution < -0.4 is 5.32 Å². The Morgan fingerprint density at radius 3 is 2.81 bits per heavy atom. The van der Waals surface area contributed by atoms with E-state index in [1.807, 2.05) is 26.8 Å². The SMILES string of the molecule is COC(=O)C(C)(CCCCSc1ccncn1)NC(C)C. The van der Waals surface area contributed by atoms with E-state index in [4.69, 9.17) is 4.74 Å². The second-order valence-corrected chi connectivity index (χ2v) is 6.59. The van der Waals surface area contributed by atoms with Crippen LogP contribution in [0.3, 0.4) is 0 Å². The van der Waals surface area contributed by atoms with Crippen molar-refractivity contribution in [3.05, 3.63) is 18.6 Å². The summed E-state index contributed by atoms with van der Waals surface area (Å²) < 4.78 is 4.92. The predicted octanol–water partition coefficient (Wildman–Crippen LogP) is 2.67. The zero-order valence-corrected chi connectivity index (χ0v) is 14.1. The number of aromatic nitrogens is 2. The van der Waals surface area contributed by atoms with Crippen LogP contribution in [0.5, 0.6) is 0 Å². The molecule has 1 atom stereocenters. The smallest absolute Gasteiger partial charge is 0.325 e.